The molecule has 1 amide bonds. The Hall–Kier alpha value is -2.22. The van der Waals surface area contributed by atoms with Gasteiger partial charge in [-0.3, -0.25) is 14.9 Å². The van der Waals surface area contributed by atoms with Crippen molar-refractivity contribution >= 4 is 29.2 Å². The average Bonchev–Trinajstić information content (AvgIpc) is 2.37. The minimum atomic E-state index is -1.21. The third-order valence-electron chi connectivity index (χ3n) is 2.47. The fourth-order valence-electron chi connectivity index (χ4n) is 1.53. The van der Waals surface area contributed by atoms with Crippen LogP contribution in [-0.4, -0.2) is 32.9 Å². The van der Waals surface area contributed by atoms with Crippen LogP contribution in [0.5, 0.6) is 0 Å². The highest BCUT2D eigenvalue weighted by Gasteiger charge is 2.25. The number of carbonyl (C=O) groups excluding carboxylic acids is 1. The monoisotopic (exact) mass is 301 g/mol. The molecule has 0 aliphatic rings. The SMILES string of the molecule is CCCC(NC(=O)c1cc(Cl)ncc1[N+](=O)[O-])C(=O)O. The highest BCUT2D eigenvalue weighted by atomic mass is 35.5. The zero-order chi connectivity index (χ0) is 15.3. The molecule has 1 atom stereocenters. The van der Waals surface area contributed by atoms with E-state index < -0.39 is 28.5 Å². The van der Waals surface area contributed by atoms with Gasteiger partial charge in [0.1, 0.15) is 23.0 Å². The summed E-state index contributed by atoms with van der Waals surface area (Å²) in [5.41, 5.74) is -0.857. The third kappa shape index (κ3) is 3.89. The van der Waals surface area contributed by atoms with Crippen molar-refractivity contribution in [3.8, 4) is 0 Å². The van der Waals surface area contributed by atoms with Gasteiger partial charge in [-0.2, -0.15) is 0 Å². The number of carboxylic acid groups (broad SMARTS) is 1. The summed E-state index contributed by atoms with van der Waals surface area (Å²) >= 11 is 5.60. The zero-order valence-electron chi connectivity index (χ0n) is 10.5. The summed E-state index contributed by atoms with van der Waals surface area (Å²) in [5.74, 6) is -2.08. The van der Waals surface area contributed by atoms with Crippen molar-refractivity contribution in [3.63, 3.8) is 0 Å². The van der Waals surface area contributed by atoms with Gasteiger partial charge in [0.25, 0.3) is 11.6 Å². The van der Waals surface area contributed by atoms with Gasteiger partial charge in [-0.1, -0.05) is 24.9 Å². The van der Waals surface area contributed by atoms with Crippen LogP contribution in [0.2, 0.25) is 5.15 Å². The number of halogens is 1. The Labute approximate surface area is 118 Å². The lowest BCUT2D eigenvalue weighted by atomic mass is 10.1. The molecule has 0 saturated heterocycles. The maximum absolute atomic E-state index is 11.9. The number of pyridine rings is 1. The molecule has 2 N–H and O–H groups in total. The number of aromatic nitrogens is 1. The fraction of sp³-hybridized carbons (Fsp3) is 0.364. The topological polar surface area (TPSA) is 122 Å². The van der Waals surface area contributed by atoms with Crippen LogP contribution in [0.15, 0.2) is 12.3 Å². The summed E-state index contributed by atoms with van der Waals surface area (Å²) in [6, 6.07) is -0.0843. The van der Waals surface area contributed by atoms with Gasteiger partial charge in [0.15, 0.2) is 0 Å². The number of nitrogens with one attached hydrogen (secondary N) is 1. The van der Waals surface area contributed by atoms with E-state index in [-0.39, 0.29) is 17.1 Å². The molecular formula is C11H12ClN3O5. The van der Waals surface area contributed by atoms with Crippen molar-refractivity contribution in [1.29, 1.82) is 0 Å². The summed E-state index contributed by atoms with van der Waals surface area (Å²) in [6.45, 7) is 1.76. The number of aliphatic carboxylic acids is 1. The minimum absolute atomic E-state index is 0.0943. The van der Waals surface area contributed by atoms with Crippen molar-refractivity contribution < 1.29 is 19.6 Å². The maximum Gasteiger partial charge on any atom is 0.326 e. The van der Waals surface area contributed by atoms with Crippen LogP contribution in [0.1, 0.15) is 30.1 Å². The van der Waals surface area contributed by atoms with Crippen LogP contribution < -0.4 is 5.32 Å². The Morgan fingerprint density at radius 3 is 2.75 bits per heavy atom. The highest BCUT2D eigenvalue weighted by Crippen LogP contribution is 2.20. The van der Waals surface area contributed by atoms with Crippen LogP contribution in [0, 0.1) is 10.1 Å². The van der Waals surface area contributed by atoms with Crippen molar-refractivity contribution in [1.82, 2.24) is 10.3 Å². The van der Waals surface area contributed by atoms with E-state index >= 15 is 0 Å². The molecular weight excluding hydrogens is 290 g/mol. The number of nitro groups is 1. The minimum Gasteiger partial charge on any atom is -0.480 e. The summed E-state index contributed by atoms with van der Waals surface area (Å²) < 4.78 is 0. The number of amides is 1. The second-order valence-electron chi connectivity index (χ2n) is 3.93. The van der Waals surface area contributed by atoms with E-state index in [9.17, 15) is 19.7 Å². The molecule has 108 valence electrons. The summed E-state index contributed by atoms with van der Waals surface area (Å²) in [5, 5.41) is 21.9. The van der Waals surface area contributed by atoms with Gasteiger partial charge >= 0.3 is 5.97 Å². The second-order valence-corrected chi connectivity index (χ2v) is 4.32. The molecule has 0 aromatic carbocycles. The largest absolute Gasteiger partial charge is 0.480 e. The third-order valence-corrected chi connectivity index (χ3v) is 2.68. The van der Waals surface area contributed by atoms with Crippen LogP contribution in [0.4, 0.5) is 5.69 Å². The van der Waals surface area contributed by atoms with Gasteiger partial charge in [0.2, 0.25) is 0 Å². The molecule has 8 nitrogen and oxygen atoms in total. The molecule has 0 saturated carbocycles. The number of nitrogens with zero attached hydrogens (tertiary/aromatic N) is 2. The fourth-order valence-corrected chi connectivity index (χ4v) is 1.69. The Morgan fingerprint density at radius 1 is 1.60 bits per heavy atom. The van der Waals surface area contributed by atoms with Gasteiger partial charge in [0, 0.05) is 0 Å². The zero-order valence-corrected chi connectivity index (χ0v) is 11.3. The molecule has 0 aliphatic carbocycles. The molecule has 0 fully saturated rings. The van der Waals surface area contributed by atoms with Crippen LogP contribution in [0.3, 0.4) is 0 Å². The summed E-state index contributed by atoms with van der Waals surface area (Å²) in [4.78, 5) is 36.4. The molecule has 0 radical (unpaired) electrons. The first-order chi connectivity index (χ1) is 9.36. The molecule has 1 heterocycles. The van der Waals surface area contributed by atoms with Crippen molar-refractivity contribution in [2.75, 3.05) is 0 Å². The van der Waals surface area contributed by atoms with Gasteiger partial charge in [0.05, 0.1) is 4.92 Å². The Balaban J connectivity index is 3.05. The van der Waals surface area contributed by atoms with Gasteiger partial charge < -0.3 is 10.4 Å². The lowest BCUT2D eigenvalue weighted by Gasteiger charge is -2.13. The van der Waals surface area contributed by atoms with E-state index in [1.807, 2.05) is 0 Å². The summed E-state index contributed by atoms with van der Waals surface area (Å²) in [7, 11) is 0. The quantitative estimate of drug-likeness (QED) is 0.467. The Kier molecular flexibility index (Phi) is 5.39. The standard InChI is InChI=1S/C11H12ClN3O5/c1-2-3-7(11(17)18)14-10(16)6-4-9(12)13-5-8(6)15(19)20/h4-5,7H,2-3H2,1H3,(H,14,16)(H,17,18). The van der Waals surface area contributed by atoms with E-state index in [4.69, 9.17) is 16.7 Å². The Morgan fingerprint density at radius 2 is 2.25 bits per heavy atom. The van der Waals surface area contributed by atoms with Crippen LogP contribution >= 0.6 is 11.6 Å². The van der Waals surface area contributed by atoms with Crippen molar-refractivity contribution in [3.05, 3.63) is 33.1 Å². The van der Waals surface area contributed by atoms with Crippen LogP contribution in [-0.2, 0) is 4.79 Å². The molecule has 1 aromatic rings. The molecule has 1 unspecified atom stereocenters. The van der Waals surface area contributed by atoms with E-state index in [2.05, 4.69) is 10.3 Å². The van der Waals surface area contributed by atoms with Gasteiger partial charge in [-0.05, 0) is 12.5 Å². The summed E-state index contributed by atoms with van der Waals surface area (Å²) in [6.07, 6.45) is 1.61. The number of rotatable bonds is 6. The normalized spacial score (nSPS) is 11.7. The molecule has 0 aliphatic heterocycles. The van der Waals surface area contributed by atoms with E-state index in [1.165, 1.54) is 0 Å². The second kappa shape index (κ2) is 6.80. The predicted octanol–water partition coefficient (Wildman–Crippen LogP) is 1.63. The lowest BCUT2D eigenvalue weighted by Crippen LogP contribution is -2.40. The molecule has 1 rings (SSSR count). The molecule has 1 aromatic heterocycles. The average molecular weight is 302 g/mol. The van der Waals surface area contributed by atoms with E-state index in [0.29, 0.717) is 6.42 Å². The van der Waals surface area contributed by atoms with Crippen molar-refractivity contribution in [2.24, 2.45) is 0 Å². The van der Waals surface area contributed by atoms with Crippen molar-refractivity contribution in [2.45, 2.75) is 25.8 Å². The van der Waals surface area contributed by atoms with Gasteiger partial charge in [-0.15, -0.1) is 0 Å². The highest BCUT2D eigenvalue weighted by molar-refractivity contribution is 6.29. The van der Waals surface area contributed by atoms with E-state index in [0.717, 1.165) is 12.3 Å². The molecule has 0 bridgehead atoms. The number of hydrogen-bond donors (Lipinski definition) is 2. The predicted molar refractivity (Wildman–Crippen MR) is 69.7 cm³/mol. The first-order valence-electron chi connectivity index (χ1n) is 5.70. The smallest absolute Gasteiger partial charge is 0.326 e. The number of carbonyl (C=O) groups is 2. The van der Waals surface area contributed by atoms with E-state index in [1.54, 1.807) is 6.92 Å². The maximum atomic E-state index is 11.9. The molecule has 0 spiro atoms. The first-order valence-corrected chi connectivity index (χ1v) is 6.08. The number of hydrogen-bond acceptors (Lipinski definition) is 5. The van der Waals surface area contributed by atoms with Gasteiger partial charge in [-0.25, -0.2) is 9.78 Å². The van der Waals surface area contributed by atoms with Crippen LogP contribution in [0.25, 0.3) is 0 Å². The first kappa shape index (κ1) is 15.8. The molecule has 9 heteroatoms. The lowest BCUT2D eigenvalue weighted by molar-refractivity contribution is -0.385. The number of carboxylic acids is 1. The Bertz CT molecular complexity index is 549. The molecule has 20 heavy (non-hydrogen) atoms.